The summed E-state index contributed by atoms with van der Waals surface area (Å²) in [6.45, 7) is 5.69. The van der Waals surface area contributed by atoms with Crippen molar-refractivity contribution in [1.29, 1.82) is 0 Å². The van der Waals surface area contributed by atoms with Gasteiger partial charge >= 0.3 is 0 Å². The van der Waals surface area contributed by atoms with E-state index in [9.17, 15) is 9.59 Å². The molecule has 0 spiro atoms. The van der Waals surface area contributed by atoms with Crippen LogP contribution in [-0.4, -0.2) is 34.7 Å². The summed E-state index contributed by atoms with van der Waals surface area (Å²) in [5, 5.41) is 0. The van der Waals surface area contributed by atoms with Gasteiger partial charge in [-0.1, -0.05) is 32.0 Å². The Morgan fingerprint density at radius 1 is 1.15 bits per heavy atom. The molecule has 0 aromatic heterocycles. The number of fused-ring (bicyclic) bond motifs is 3. The average molecular weight is 290 g/mol. The third-order valence-electron chi connectivity index (χ3n) is 4.64. The minimum absolute atomic E-state index is 0.0664. The highest BCUT2D eigenvalue weighted by atomic mass is 32.1. The van der Waals surface area contributed by atoms with Crippen LogP contribution < -0.4 is 4.90 Å². The lowest BCUT2D eigenvalue weighted by Gasteiger charge is -2.47. The van der Waals surface area contributed by atoms with Gasteiger partial charge in [0.05, 0.1) is 0 Å². The molecule has 2 heterocycles. The van der Waals surface area contributed by atoms with Crippen molar-refractivity contribution in [2.45, 2.75) is 37.1 Å². The summed E-state index contributed by atoms with van der Waals surface area (Å²) in [5.74, 6) is -0.214. The molecule has 4 nitrogen and oxygen atoms in total. The molecule has 1 aromatic carbocycles. The molecule has 0 bridgehead atoms. The summed E-state index contributed by atoms with van der Waals surface area (Å²) in [6, 6.07) is 7.24. The van der Waals surface area contributed by atoms with Gasteiger partial charge in [-0.05, 0) is 18.6 Å². The Balaban J connectivity index is 2.25. The first-order chi connectivity index (χ1) is 9.20. The first-order valence-corrected chi connectivity index (χ1v) is 7.08. The second-order valence-electron chi connectivity index (χ2n) is 6.23. The fourth-order valence-corrected chi connectivity index (χ4v) is 3.46. The fraction of sp³-hybridized carbons (Fsp3) is 0.467. The number of thiol groups is 1. The maximum absolute atomic E-state index is 12.8. The molecule has 2 aliphatic heterocycles. The van der Waals surface area contributed by atoms with Crippen molar-refractivity contribution in [2.24, 2.45) is 0 Å². The maximum Gasteiger partial charge on any atom is 0.263 e. The number of amides is 2. The van der Waals surface area contributed by atoms with Gasteiger partial charge < -0.3 is 4.90 Å². The highest BCUT2D eigenvalue weighted by molar-refractivity contribution is 7.82. The SMILES string of the molecule is CN1C(=O)[C@H]2N(C(=O)[C@]1(C)S)c1ccccc1C2(C)C. The summed E-state index contributed by atoms with van der Waals surface area (Å²) in [7, 11) is 1.64. The first-order valence-electron chi connectivity index (χ1n) is 6.64. The number of benzene rings is 1. The number of para-hydroxylation sites is 1. The molecular weight excluding hydrogens is 272 g/mol. The molecule has 1 fully saturated rings. The molecule has 5 heteroatoms. The van der Waals surface area contributed by atoms with Crippen LogP contribution in [0.1, 0.15) is 26.3 Å². The number of nitrogens with zero attached hydrogens (tertiary/aromatic N) is 2. The average Bonchev–Trinajstić information content (AvgIpc) is 2.63. The van der Waals surface area contributed by atoms with Gasteiger partial charge in [-0.2, -0.15) is 0 Å². The molecule has 2 amide bonds. The van der Waals surface area contributed by atoms with Crippen molar-refractivity contribution in [1.82, 2.24) is 4.90 Å². The van der Waals surface area contributed by atoms with E-state index < -0.39 is 16.3 Å². The molecule has 106 valence electrons. The molecule has 3 rings (SSSR count). The number of carbonyl (C=O) groups excluding carboxylic acids is 2. The molecule has 0 aliphatic carbocycles. The normalized spacial score (nSPS) is 31.4. The molecule has 1 saturated heterocycles. The summed E-state index contributed by atoms with van der Waals surface area (Å²) in [6.07, 6.45) is 0. The Bertz CT molecular complexity index is 624. The van der Waals surface area contributed by atoms with Gasteiger partial charge in [0, 0.05) is 18.2 Å². The standard InChI is InChI=1S/C15H18N2O2S/c1-14(2)9-7-5-6-8-10(9)17-11(14)12(18)16(4)15(3,20)13(17)19/h5-8,11,20H,1-4H3/t11-,15+/m1/s1. The number of likely N-dealkylation sites (N-methyl/N-ethyl adjacent to an activating group) is 1. The number of piperazine rings is 1. The molecule has 0 saturated carbocycles. The molecule has 0 N–H and O–H groups in total. The van der Waals surface area contributed by atoms with Gasteiger partial charge in [-0.25, -0.2) is 0 Å². The predicted octanol–water partition coefficient (Wildman–Crippen LogP) is 1.80. The van der Waals surface area contributed by atoms with Crippen LogP contribution in [0.15, 0.2) is 24.3 Å². The van der Waals surface area contributed by atoms with E-state index in [1.54, 1.807) is 18.9 Å². The van der Waals surface area contributed by atoms with Gasteiger partial charge in [0.2, 0.25) is 5.91 Å². The van der Waals surface area contributed by atoms with Crippen molar-refractivity contribution in [3.8, 4) is 0 Å². The Morgan fingerprint density at radius 3 is 2.40 bits per heavy atom. The van der Waals surface area contributed by atoms with Crippen LogP contribution in [0.2, 0.25) is 0 Å². The van der Waals surface area contributed by atoms with Crippen LogP contribution >= 0.6 is 12.6 Å². The quantitative estimate of drug-likeness (QED) is 0.740. The monoisotopic (exact) mass is 290 g/mol. The molecule has 0 unspecified atom stereocenters. The first kappa shape index (κ1) is 13.5. The number of hydrogen-bond donors (Lipinski definition) is 1. The van der Waals surface area contributed by atoms with Crippen LogP contribution in [0, 0.1) is 0 Å². The second kappa shape index (κ2) is 3.79. The predicted molar refractivity (Wildman–Crippen MR) is 80.9 cm³/mol. The highest BCUT2D eigenvalue weighted by Gasteiger charge is 2.59. The number of hydrogen-bond acceptors (Lipinski definition) is 3. The van der Waals surface area contributed by atoms with Crippen molar-refractivity contribution >= 4 is 30.1 Å². The van der Waals surface area contributed by atoms with Gasteiger partial charge in [-0.15, -0.1) is 12.6 Å². The lowest BCUT2D eigenvalue weighted by molar-refractivity contribution is -0.146. The van der Waals surface area contributed by atoms with Gasteiger partial charge in [-0.3, -0.25) is 14.5 Å². The minimum atomic E-state index is -1.11. The smallest absolute Gasteiger partial charge is 0.263 e. The Hall–Kier alpha value is -1.49. The Kier molecular flexibility index (Phi) is 2.55. The molecule has 2 aliphatic rings. The minimum Gasteiger partial charge on any atom is -0.321 e. The van der Waals surface area contributed by atoms with Crippen molar-refractivity contribution in [3.63, 3.8) is 0 Å². The number of anilines is 1. The van der Waals surface area contributed by atoms with Crippen molar-refractivity contribution < 1.29 is 9.59 Å². The van der Waals surface area contributed by atoms with E-state index in [0.29, 0.717) is 0 Å². The van der Waals surface area contributed by atoms with Gasteiger partial charge in [0.25, 0.3) is 5.91 Å². The highest BCUT2D eigenvalue weighted by Crippen LogP contribution is 2.49. The van der Waals surface area contributed by atoms with E-state index in [2.05, 4.69) is 12.6 Å². The molecule has 0 radical (unpaired) electrons. The molecule has 1 aromatic rings. The third-order valence-corrected chi connectivity index (χ3v) is 5.13. The van der Waals surface area contributed by atoms with E-state index in [1.165, 1.54) is 4.90 Å². The summed E-state index contributed by atoms with van der Waals surface area (Å²) in [4.78, 5) is 27.5. The van der Waals surface area contributed by atoms with E-state index >= 15 is 0 Å². The zero-order valence-electron chi connectivity index (χ0n) is 12.0. The van der Waals surface area contributed by atoms with Crippen LogP contribution in [0.5, 0.6) is 0 Å². The summed E-state index contributed by atoms with van der Waals surface area (Å²) < 4.78 is 0. The van der Waals surface area contributed by atoms with E-state index in [1.807, 2.05) is 38.1 Å². The van der Waals surface area contributed by atoms with Gasteiger partial charge in [0.15, 0.2) is 4.87 Å². The summed E-state index contributed by atoms with van der Waals surface area (Å²) >= 11 is 4.41. The van der Waals surface area contributed by atoms with E-state index in [0.717, 1.165) is 11.3 Å². The molecule has 20 heavy (non-hydrogen) atoms. The maximum atomic E-state index is 12.8. The van der Waals surface area contributed by atoms with E-state index in [4.69, 9.17) is 0 Å². The van der Waals surface area contributed by atoms with Crippen LogP contribution in [-0.2, 0) is 15.0 Å². The van der Waals surface area contributed by atoms with Crippen LogP contribution in [0.3, 0.4) is 0 Å². The van der Waals surface area contributed by atoms with Crippen LogP contribution in [0.4, 0.5) is 5.69 Å². The Labute approximate surface area is 124 Å². The second-order valence-corrected chi connectivity index (χ2v) is 7.11. The largest absolute Gasteiger partial charge is 0.321 e. The van der Waals surface area contributed by atoms with E-state index in [-0.39, 0.29) is 11.8 Å². The molecule has 2 atom stereocenters. The fourth-order valence-electron chi connectivity index (χ4n) is 3.25. The van der Waals surface area contributed by atoms with Crippen molar-refractivity contribution in [3.05, 3.63) is 29.8 Å². The topological polar surface area (TPSA) is 40.6 Å². The molecular formula is C15H18N2O2S. The lowest BCUT2D eigenvalue weighted by atomic mass is 9.79. The van der Waals surface area contributed by atoms with Crippen LogP contribution in [0.25, 0.3) is 0 Å². The Morgan fingerprint density at radius 2 is 1.75 bits per heavy atom. The third kappa shape index (κ3) is 1.39. The number of carbonyl (C=O) groups is 2. The summed E-state index contributed by atoms with van der Waals surface area (Å²) in [5.41, 5.74) is 1.46. The van der Waals surface area contributed by atoms with Gasteiger partial charge in [0.1, 0.15) is 6.04 Å². The number of rotatable bonds is 0. The van der Waals surface area contributed by atoms with Crippen molar-refractivity contribution in [2.75, 3.05) is 11.9 Å². The zero-order chi connectivity index (χ0) is 14.9. The lowest BCUT2D eigenvalue weighted by Crippen LogP contribution is -2.69. The zero-order valence-corrected chi connectivity index (χ0v) is 12.9.